The topological polar surface area (TPSA) is 49.4 Å². The third-order valence-electron chi connectivity index (χ3n) is 4.00. The van der Waals surface area contributed by atoms with Crippen LogP contribution in [0.1, 0.15) is 23.2 Å². The molecule has 0 aromatic heterocycles. The van der Waals surface area contributed by atoms with Crippen LogP contribution in [0.4, 0.5) is 10.1 Å². The zero-order valence-electron chi connectivity index (χ0n) is 13.7. The number of amides is 2. The Morgan fingerprint density at radius 1 is 1.04 bits per heavy atom. The van der Waals surface area contributed by atoms with Gasteiger partial charge in [0, 0.05) is 29.2 Å². The van der Waals surface area contributed by atoms with E-state index in [-0.39, 0.29) is 23.4 Å². The number of thioether (sulfide) groups is 1. The SMILES string of the molecule is O=C(CSc1ccccc1F)Nc1ccc(C(=O)N2CCCC2)cc1. The average molecular weight is 358 g/mol. The van der Waals surface area contributed by atoms with Crippen LogP contribution in [0.3, 0.4) is 0 Å². The van der Waals surface area contributed by atoms with Crippen molar-refractivity contribution in [1.29, 1.82) is 0 Å². The number of benzene rings is 2. The highest BCUT2D eigenvalue weighted by atomic mass is 32.2. The molecule has 0 atom stereocenters. The smallest absolute Gasteiger partial charge is 0.253 e. The van der Waals surface area contributed by atoms with Gasteiger partial charge in [-0.15, -0.1) is 11.8 Å². The van der Waals surface area contributed by atoms with Crippen LogP contribution in [0.15, 0.2) is 53.4 Å². The minimum absolute atomic E-state index is 0.0329. The highest BCUT2D eigenvalue weighted by Crippen LogP contribution is 2.21. The van der Waals surface area contributed by atoms with E-state index in [1.807, 2.05) is 4.90 Å². The molecule has 0 aliphatic carbocycles. The van der Waals surface area contributed by atoms with E-state index in [9.17, 15) is 14.0 Å². The molecule has 0 radical (unpaired) electrons. The van der Waals surface area contributed by atoms with Gasteiger partial charge in [-0.1, -0.05) is 12.1 Å². The normalized spacial score (nSPS) is 13.7. The molecular weight excluding hydrogens is 339 g/mol. The molecule has 1 N–H and O–H groups in total. The van der Waals surface area contributed by atoms with Crippen molar-refractivity contribution in [2.75, 3.05) is 24.2 Å². The molecule has 0 unspecified atom stereocenters. The van der Waals surface area contributed by atoms with Crippen molar-refractivity contribution < 1.29 is 14.0 Å². The molecule has 0 spiro atoms. The lowest BCUT2D eigenvalue weighted by Crippen LogP contribution is -2.27. The number of hydrogen-bond acceptors (Lipinski definition) is 3. The van der Waals surface area contributed by atoms with Crippen molar-refractivity contribution in [3.05, 3.63) is 59.9 Å². The van der Waals surface area contributed by atoms with Crippen molar-refractivity contribution in [3.8, 4) is 0 Å². The first-order chi connectivity index (χ1) is 12.1. The molecule has 0 bridgehead atoms. The lowest BCUT2D eigenvalue weighted by atomic mass is 10.2. The second-order valence-corrected chi connectivity index (χ2v) is 6.86. The Labute approximate surface area is 150 Å². The van der Waals surface area contributed by atoms with E-state index in [0.29, 0.717) is 16.1 Å². The summed E-state index contributed by atoms with van der Waals surface area (Å²) in [5.74, 6) is -0.391. The molecule has 1 aliphatic rings. The van der Waals surface area contributed by atoms with Gasteiger partial charge in [0.15, 0.2) is 0 Å². The maximum Gasteiger partial charge on any atom is 0.253 e. The summed E-state index contributed by atoms with van der Waals surface area (Å²) >= 11 is 1.15. The fourth-order valence-electron chi connectivity index (χ4n) is 2.70. The van der Waals surface area contributed by atoms with Crippen LogP contribution < -0.4 is 5.32 Å². The Hall–Kier alpha value is -2.34. The van der Waals surface area contributed by atoms with Crippen LogP contribution in [-0.4, -0.2) is 35.6 Å². The molecule has 6 heteroatoms. The van der Waals surface area contributed by atoms with Gasteiger partial charge in [0.05, 0.1) is 5.75 Å². The molecule has 2 aromatic carbocycles. The maximum absolute atomic E-state index is 13.5. The van der Waals surface area contributed by atoms with Gasteiger partial charge in [0.2, 0.25) is 5.91 Å². The van der Waals surface area contributed by atoms with Crippen molar-refractivity contribution in [2.24, 2.45) is 0 Å². The molecule has 0 saturated carbocycles. The zero-order valence-corrected chi connectivity index (χ0v) is 14.5. The van der Waals surface area contributed by atoms with Crippen LogP contribution in [0.2, 0.25) is 0 Å². The number of carbonyl (C=O) groups excluding carboxylic acids is 2. The van der Waals surface area contributed by atoms with Crippen molar-refractivity contribution in [2.45, 2.75) is 17.7 Å². The van der Waals surface area contributed by atoms with Gasteiger partial charge in [0.1, 0.15) is 5.82 Å². The van der Waals surface area contributed by atoms with E-state index in [1.54, 1.807) is 42.5 Å². The summed E-state index contributed by atoms with van der Waals surface area (Å²) in [4.78, 5) is 26.6. The molecule has 25 heavy (non-hydrogen) atoms. The second-order valence-electron chi connectivity index (χ2n) is 5.84. The number of likely N-dealkylation sites (tertiary alicyclic amines) is 1. The van der Waals surface area contributed by atoms with Crippen LogP contribution in [0.25, 0.3) is 0 Å². The predicted octanol–water partition coefficient (Wildman–Crippen LogP) is 3.79. The first-order valence-corrected chi connectivity index (χ1v) is 9.18. The van der Waals surface area contributed by atoms with Gasteiger partial charge in [-0.2, -0.15) is 0 Å². The van der Waals surface area contributed by atoms with Crippen molar-refractivity contribution in [3.63, 3.8) is 0 Å². The quantitative estimate of drug-likeness (QED) is 0.827. The van der Waals surface area contributed by atoms with Gasteiger partial charge in [0.25, 0.3) is 5.91 Å². The van der Waals surface area contributed by atoms with Crippen molar-refractivity contribution >= 4 is 29.3 Å². The average Bonchev–Trinajstić information content (AvgIpc) is 3.16. The molecule has 1 heterocycles. The van der Waals surface area contributed by atoms with Gasteiger partial charge in [-0.25, -0.2) is 4.39 Å². The van der Waals surface area contributed by atoms with Gasteiger partial charge in [-0.3, -0.25) is 9.59 Å². The van der Waals surface area contributed by atoms with Gasteiger partial charge >= 0.3 is 0 Å². The summed E-state index contributed by atoms with van der Waals surface area (Å²) in [6.45, 7) is 1.62. The van der Waals surface area contributed by atoms with Crippen LogP contribution in [-0.2, 0) is 4.79 Å². The summed E-state index contributed by atoms with van der Waals surface area (Å²) in [7, 11) is 0. The van der Waals surface area contributed by atoms with Crippen LogP contribution in [0.5, 0.6) is 0 Å². The molecule has 4 nitrogen and oxygen atoms in total. The van der Waals surface area contributed by atoms with Crippen LogP contribution in [0, 0.1) is 5.82 Å². The Kier molecular flexibility index (Phi) is 5.71. The van der Waals surface area contributed by atoms with Gasteiger partial charge < -0.3 is 10.2 Å². The summed E-state index contributed by atoms with van der Waals surface area (Å²) < 4.78 is 13.5. The van der Waals surface area contributed by atoms with Crippen LogP contribution >= 0.6 is 11.8 Å². The minimum Gasteiger partial charge on any atom is -0.339 e. The summed E-state index contributed by atoms with van der Waals surface area (Å²) in [6.07, 6.45) is 2.11. The third-order valence-corrected chi connectivity index (χ3v) is 5.05. The van der Waals surface area contributed by atoms with E-state index in [2.05, 4.69) is 5.32 Å². The lowest BCUT2D eigenvalue weighted by Gasteiger charge is -2.15. The number of carbonyl (C=O) groups is 2. The van der Waals surface area contributed by atoms with E-state index in [4.69, 9.17) is 0 Å². The first-order valence-electron chi connectivity index (χ1n) is 8.20. The molecule has 1 fully saturated rings. The number of halogens is 1. The minimum atomic E-state index is -0.329. The first kappa shape index (κ1) is 17.5. The Balaban J connectivity index is 1.53. The monoisotopic (exact) mass is 358 g/mol. The standard InChI is InChI=1S/C19H19FN2O2S/c20-16-5-1-2-6-17(16)25-13-18(23)21-15-9-7-14(8-10-15)19(24)22-11-3-4-12-22/h1-2,5-10H,3-4,11-13H2,(H,21,23). The van der Waals surface area contributed by atoms with E-state index >= 15 is 0 Å². The second kappa shape index (κ2) is 8.16. The summed E-state index contributed by atoms with van der Waals surface area (Å²) in [5, 5.41) is 2.76. The molecule has 2 amide bonds. The largest absolute Gasteiger partial charge is 0.339 e. The molecular formula is C19H19FN2O2S. The molecule has 1 aliphatic heterocycles. The van der Waals surface area contributed by atoms with Gasteiger partial charge in [-0.05, 0) is 49.2 Å². The highest BCUT2D eigenvalue weighted by Gasteiger charge is 2.19. The third kappa shape index (κ3) is 4.60. The molecule has 130 valence electrons. The summed E-state index contributed by atoms with van der Waals surface area (Å²) in [6, 6.07) is 13.2. The van der Waals surface area contributed by atoms with E-state index < -0.39 is 0 Å². The maximum atomic E-state index is 13.5. The highest BCUT2D eigenvalue weighted by molar-refractivity contribution is 8.00. The van der Waals surface area contributed by atoms with E-state index in [0.717, 1.165) is 37.7 Å². The summed E-state index contributed by atoms with van der Waals surface area (Å²) in [5.41, 5.74) is 1.25. The number of nitrogens with one attached hydrogen (secondary N) is 1. The molecule has 3 rings (SSSR count). The number of hydrogen-bond donors (Lipinski definition) is 1. The Bertz CT molecular complexity index is 758. The van der Waals surface area contributed by atoms with E-state index in [1.165, 1.54) is 6.07 Å². The fourth-order valence-corrected chi connectivity index (χ4v) is 3.44. The molecule has 1 saturated heterocycles. The predicted molar refractivity (Wildman–Crippen MR) is 97.3 cm³/mol. The molecule has 2 aromatic rings. The Morgan fingerprint density at radius 3 is 2.40 bits per heavy atom. The fraction of sp³-hybridized carbons (Fsp3) is 0.263. The lowest BCUT2D eigenvalue weighted by molar-refractivity contribution is -0.113. The van der Waals surface area contributed by atoms with Crippen molar-refractivity contribution in [1.82, 2.24) is 4.90 Å². The number of rotatable bonds is 5. The number of nitrogens with zero attached hydrogens (tertiary/aromatic N) is 1. The number of anilines is 1. The zero-order chi connectivity index (χ0) is 17.6. The Morgan fingerprint density at radius 2 is 1.72 bits per heavy atom.